The highest BCUT2D eigenvalue weighted by molar-refractivity contribution is 7.90. The van der Waals surface area contributed by atoms with Crippen LogP contribution in [-0.2, 0) is 29.6 Å². The minimum atomic E-state index is -4.29. The van der Waals surface area contributed by atoms with E-state index in [-0.39, 0.29) is 38.4 Å². The maximum Gasteiger partial charge on any atom is 0.282 e. The molecule has 0 saturated carbocycles. The molecule has 0 saturated heterocycles. The number of nitrogens with one attached hydrogen (secondary N) is 3. The summed E-state index contributed by atoms with van der Waals surface area (Å²) < 4.78 is 58.4. The second-order valence-corrected chi connectivity index (χ2v) is 11.7. The monoisotopic (exact) mass is 566 g/mol. The number of rotatable bonds is 7. The standard InChI is InChI=1S/C26H22N4O7S2/c1-16(31)27-18-7-11-20(12-8-18)38(34,35)29-24-15-25(26(33)23-6-4-3-5-22(23)24)30-39(36,37)21-13-9-19(10-14-21)28-17(2)32/h3-15,30H,1-2H3,(H,27,31)(H,28,32)/b29-24+. The highest BCUT2D eigenvalue weighted by Crippen LogP contribution is 2.25. The quantitative estimate of drug-likeness (QED) is 0.395. The van der Waals surface area contributed by atoms with Crippen LogP contribution in [0.1, 0.15) is 29.8 Å². The highest BCUT2D eigenvalue weighted by Gasteiger charge is 2.29. The number of carbonyl (C=O) groups excluding carboxylic acids is 3. The fourth-order valence-electron chi connectivity index (χ4n) is 3.70. The van der Waals surface area contributed by atoms with Gasteiger partial charge in [0.15, 0.2) is 0 Å². The van der Waals surface area contributed by atoms with E-state index in [9.17, 15) is 31.2 Å². The van der Waals surface area contributed by atoms with Gasteiger partial charge >= 0.3 is 0 Å². The summed E-state index contributed by atoms with van der Waals surface area (Å²) in [6.45, 7) is 2.63. The van der Waals surface area contributed by atoms with Gasteiger partial charge in [-0.15, -0.1) is 0 Å². The van der Waals surface area contributed by atoms with E-state index >= 15 is 0 Å². The van der Waals surface area contributed by atoms with Crippen LogP contribution >= 0.6 is 0 Å². The lowest BCUT2D eigenvalue weighted by Gasteiger charge is -2.19. The van der Waals surface area contributed by atoms with Crippen LogP contribution in [0.2, 0.25) is 0 Å². The summed E-state index contributed by atoms with van der Waals surface area (Å²) in [6, 6.07) is 16.7. The van der Waals surface area contributed by atoms with Crippen LogP contribution in [0.4, 0.5) is 11.4 Å². The average Bonchev–Trinajstić information content (AvgIpc) is 2.86. The molecule has 0 aliphatic heterocycles. The molecule has 1 aliphatic carbocycles. The minimum absolute atomic E-state index is 0.0636. The molecule has 0 radical (unpaired) electrons. The molecule has 0 atom stereocenters. The molecule has 4 rings (SSSR count). The van der Waals surface area contributed by atoms with Crippen molar-refractivity contribution in [3.8, 4) is 0 Å². The first-order chi connectivity index (χ1) is 18.4. The zero-order valence-corrected chi connectivity index (χ0v) is 22.3. The van der Waals surface area contributed by atoms with Gasteiger partial charge in [0, 0.05) is 36.3 Å². The molecule has 0 spiro atoms. The molecule has 1 aliphatic rings. The van der Waals surface area contributed by atoms with Crippen molar-refractivity contribution < 1.29 is 31.2 Å². The van der Waals surface area contributed by atoms with E-state index < -0.39 is 31.5 Å². The average molecular weight is 567 g/mol. The third-order valence-electron chi connectivity index (χ3n) is 5.39. The van der Waals surface area contributed by atoms with E-state index in [1.54, 1.807) is 12.1 Å². The Morgan fingerprint density at radius 3 is 1.69 bits per heavy atom. The number of amides is 2. The number of fused-ring (bicyclic) bond motifs is 1. The molecule has 0 heterocycles. The van der Waals surface area contributed by atoms with E-state index in [1.807, 2.05) is 0 Å². The number of ketones is 1. The SMILES string of the molecule is CC(=O)Nc1ccc(S(=O)(=O)/N=C2\C=C(NS(=O)(=O)c3ccc(NC(C)=O)cc3)C(=O)c3ccccc32)cc1. The lowest BCUT2D eigenvalue weighted by molar-refractivity contribution is -0.115. The second kappa shape index (κ2) is 10.6. The lowest BCUT2D eigenvalue weighted by atomic mass is 9.93. The molecule has 13 heteroatoms. The number of hydrogen-bond acceptors (Lipinski definition) is 7. The maximum absolute atomic E-state index is 13.1. The van der Waals surface area contributed by atoms with Crippen molar-refractivity contribution in [1.82, 2.24) is 4.72 Å². The van der Waals surface area contributed by atoms with Crippen LogP contribution in [0, 0.1) is 0 Å². The zero-order chi connectivity index (χ0) is 28.4. The predicted molar refractivity (Wildman–Crippen MR) is 144 cm³/mol. The smallest absolute Gasteiger partial charge is 0.282 e. The maximum atomic E-state index is 13.1. The van der Waals surface area contributed by atoms with Crippen molar-refractivity contribution in [2.75, 3.05) is 10.6 Å². The van der Waals surface area contributed by atoms with E-state index in [4.69, 9.17) is 0 Å². The zero-order valence-electron chi connectivity index (χ0n) is 20.6. The van der Waals surface area contributed by atoms with Crippen molar-refractivity contribution in [1.29, 1.82) is 0 Å². The molecule has 2 amide bonds. The molecule has 0 unspecified atom stereocenters. The third kappa shape index (κ3) is 6.27. The topological polar surface area (TPSA) is 168 Å². The van der Waals surface area contributed by atoms with E-state index in [1.165, 1.54) is 74.5 Å². The summed E-state index contributed by atoms with van der Waals surface area (Å²) in [5.74, 6) is -1.32. The van der Waals surface area contributed by atoms with Crippen LogP contribution in [-0.4, -0.2) is 40.1 Å². The van der Waals surface area contributed by atoms with Crippen molar-refractivity contribution in [3.63, 3.8) is 0 Å². The van der Waals surface area contributed by atoms with Gasteiger partial charge in [0.25, 0.3) is 20.0 Å². The molecule has 3 aromatic rings. The lowest BCUT2D eigenvalue weighted by Crippen LogP contribution is -2.31. The normalized spacial score (nSPS) is 14.3. The van der Waals surface area contributed by atoms with Gasteiger partial charge in [-0.2, -0.15) is 12.8 Å². The summed E-state index contributed by atoms with van der Waals surface area (Å²) in [6.07, 6.45) is 1.07. The summed E-state index contributed by atoms with van der Waals surface area (Å²) >= 11 is 0. The first kappa shape index (κ1) is 27.4. The van der Waals surface area contributed by atoms with Gasteiger partial charge in [-0.05, 0) is 54.6 Å². The molecule has 11 nitrogen and oxygen atoms in total. The van der Waals surface area contributed by atoms with Crippen molar-refractivity contribution in [2.24, 2.45) is 4.40 Å². The van der Waals surface area contributed by atoms with Crippen LogP contribution in [0.15, 0.2) is 98.8 Å². The van der Waals surface area contributed by atoms with Gasteiger partial charge in [0.2, 0.25) is 17.6 Å². The number of nitrogens with zero attached hydrogens (tertiary/aromatic N) is 1. The molecule has 0 aromatic heterocycles. The van der Waals surface area contributed by atoms with Gasteiger partial charge in [-0.25, -0.2) is 8.42 Å². The Hall–Kier alpha value is -4.62. The first-order valence-electron chi connectivity index (χ1n) is 11.3. The Morgan fingerprint density at radius 1 is 0.692 bits per heavy atom. The number of Topliss-reactive ketones (excluding diaryl/α,β-unsaturated/α-hetero) is 1. The van der Waals surface area contributed by atoms with E-state index in [2.05, 4.69) is 19.8 Å². The summed E-state index contributed by atoms with van der Waals surface area (Å²) in [5.41, 5.74) is 0.513. The van der Waals surface area contributed by atoms with Gasteiger partial charge < -0.3 is 10.6 Å². The Kier molecular flexibility index (Phi) is 7.47. The van der Waals surface area contributed by atoms with Gasteiger partial charge in [0.1, 0.15) is 0 Å². The van der Waals surface area contributed by atoms with Crippen LogP contribution in [0.3, 0.4) is 0 Å². The van der Waals surface area contributed by atoms with E-state index in [0.717, 1.165) is 6.08 Å². The molecular weight excluding hydrogens is 544 g/mol. The van der Waals surface area contributed by atoms with Crippen molar-refractivity contribution >= 4 is 54.7 Å². The summed E-state index contributed by atoms with van der Waals surface area (Å²) in [5, 5.41) is 5.06. The number of sulfonamides is 2. The van der Waals surface area contributed by atoms with Crippen molar-refractivity contribution in [2.45, 2.75) is 23.6 Å². The summed E-state index contributed by atoms with van der Waals surface area (Å²) in [7, 11) is -8.56. The Balaban J connectivity index is 1.71. The second-order valence-electron chi connectivity index (χ2n) is 8.40. The fraction of sp³-hybridized carbons (Fsp3) is 0.0769. The number of carbonyl (C=O) groups is 3. The molecule has 200 valence electrons. The van der Waals surface area contributed by atoms with Gasteiger partial charge in [-0.3, -0.25) is 19.1 Å². The predicted octanol–water partition coefficient (Wildman–Crippen LogP) is 2.84. The van der Waals surface area contributed by atoms with E-state index in [0.29, 0.717) is 11.4 Å². The minimum Gasteiger partial charge on any atom is -0.326 e. The van der Waals surface area contributed by atoms with Crippen LogP contribution < -0.4 is 15.4 Å². The van der Waals surface area contributed by atoms with Gasteiger partial charge in [0.05, 0.1) is 21.2 Å². The van der Waals surface area contributed by atoms with Gasteiger partial charge in [-0.1, -0.05) is 24.3 Å². The fourth-order valence-corrected chi connectivity index (χ4v) is 5.75. The number of hydrogen-bond donors (Lipinski definition) is 3. The number of allylic oxidation sites excluding steroid dienone is 2. The Bertz CT molecular complexity index is 1760. The Labute approximate surface area is 224 Å². The molecule has 0 fully saturated rings. The Morgan fingerprint density at radius 2 is 1.18 bits per heavy atom. The largest absolute Gasteiger partial charge is 0.326 e. The summed E-state index contributed by atoms with van der Waals surface area (Å²) in [4.78, 5) is 35.2. The molecule has 3 aromatic carbocycles. The third-order valence-corrected chi connectivity index (χ3v) is 8.08. The van der Waals surface area contributed by atoms with Crippen LogP contribution in [0.5, 0.6) is 0 Å². The molecule has 0 bridgehead atoms. The molecule has 39 heavy (non-hydrogen) atoms. The number of anilines is 2. The van der Waals surface area contributed by atoms with Crippen molar-refractivity contribution in [3.05, 3.63) is 95.7 Å². The first-order valence-corrected chi connectivity index (χ1v) is 14.3. The highest BCUT2D eigenvalue weighted by atomic mass is 32.2. The number of benzene rings is 3. The molecular formula is C26H22N4O7S2. The molecule has 3 N–H and O–H groups in total. The van der Waals surface area contributed by atoms with Crippen LogP contribution in [0.25, 0.3) is 0 Å².